The largest absolute Gasteiger partial charge is 0.475 e. The van der Waals surface area contributed by atoms with Crippen LogP contribution in [0.2, 0.25) is 0 Å². The van der Waals surface area contributed by atoms with Crippen LogP contribution in [-0.2, 0) is 24.9 Å². The number of rotatable bonds is 4. The van der Waals surface area contributed by atoms with Crippen molar-refractivity contribution in [3.05, 3.63) is 66.0 Å². The van der Waals surface area contributed by atoms with Crippen molar-refractivity contribution >= 4 is 28.8 Å². The van der Waals surface area contributed by atoms with Crippen molar-refractivity contribution in [2.24, 2.45) is 7.05 Å². The lowest BCUT2D eigenvalue weighted by Crippen LogP contribution is -2.41. The molecule has 0 radical (unpaired) electrons. The van der Waals surface area contributed by atoms with Crippen LogP contribution in [0.5, 0.6) is 5.88 Å². The number of hydrogen-bond donors (Lipinski definition) is 1. The van der Waals surface area contributed by atoms with Crippen LogP contribution in [-0.4, -0.2) is 104 Å². The molecule has 2 amide bonds. The first-order valence-corrected chi connectivity index (χ1v) is 15.4. The van der Waals surface area contributed by atoms with E-state index in [2.05, 4.69) is 58.0 Å². The number of aryl methyl sites for hydroxylation is 2. The van der Waals surface area contributed by atoms with E-state index in [4.69, 9.17) is 9.72 Å². The molecule has 6 rings (SSSR count). The van der Waals surface area contributed by atoms with Crippen LogP contribution >= 0.6 is 0 Å². The van der Waals surface area contributed by atoms with Gasteiger partial charge in [0.15, 0.2) is 0 Å². The Morgan fingerprint density at radius 3 is 2.67 bits per heavy atom. The molecule has 0 aliphatic carbocycles. The van der Waals surface area contributed by atoms with Gasteiger partial charge in [-0.15, -0.1) is 0 Å². The Kier molecular flexibility index (Phi) is 8.68. The van der Waals surface area contributed by atoms with E-state index < -0.39 is 0 Å². The second kappa shape index (κ2) is 12.8. The fourth-order valence-electron chi connectivity index (χ4n) is 6.26. The molecule has 3 aromatic heterocycles. The number of aromatic nitrogens is 5. The molecule has 1 N–H and O–H groups in total. The van der Waals surface area contributed by atoms with E-state index >= 15 is 0 Å². The van der Waals surface area contributed by atoms with Crippen molar-refractivity contribution in [3.8, 4) is 17.1 Å². The van der Waals surface area contributed by atoms with Gasteiger partial charge in [-0.2, -0.15) is 5.10 Å². The maximum Gasteiger partial charge on any atom is 0.258 e. The van der Waals surface area contributed by atoms with Gasteiger partial charge in [0.25, 0.3) is 5.91 Å². The number of benzene rings is 1. The minimum Gasteiger partial charge on any atom is -0.475 e. The lowest BCUT2D eigenvalue weighted by molar-refractivity contribution is -0.126. The van der Waals surface area contributed by atoms with E-state index in [1.165, 1.54) is 11.6 Å². The number of nitrogens with zero attached hydrogens (tertiary/aromatic N) is 8. The Bertz CT molecular complexity index is 1730. The lowest BCUT2D eigenvalue weighted by Gasteiger charge is -2.35. The number of piperidine rings is 1. The van der Waals surface area contributed by atoms with Crippen LogP contribution in [0.3, 0.4) is 0 Å². The van der Waals surface area contributed by atoms with Crippen molar-refractivity contribution < 1.29 is 14.3 Å². The second-order valence-electron chi connectivity index (χ2n) is 12.1. The highest BCUT2D eigenvalue weighted by Gasteiger charge is 2.23. The topological polar surface area (TPSA) is 114 Å². The molecule has 2 bridgehead atoms. The summed E-state index contributed by atoms with van der Waals surface area (Å²) in [5.74, 6) is 0.434. The maximum absolute atomic E-state index is 13.7. The van der Waals surface area contributed by atoms with Gasteiger partial charge in [0, 0.05) is 44.0 Å². The molecule has 5 heterocycles. The summed E-state index contributed by atoms with van der Waals surface area (Å²) in [5, 5.41) is 7.41. The molecular weight excluding hydrogens is 570 g/mol. The predicted molar refractivity (Wildman–Crippen MR) is 173 cm³/mol. The standard InChI is InChI=1S/C33H41N9O3/c1-6-30(43)41-13-14-42-29-18-23(21-40-11-9-25(10-12-40)38(3)4)7-8-27(29)36-33(42)37-31(44)24-17-22(2)35-28(19-24)26-20-34-39(5)32(26)45-16-15-41/h6-8,17-20,25H,1,9-16,21H2,2-5H3,(H,36,37,44). The number of nitrogens with one attached hydrogen (secondary N) is 1. The van der Waals surface area contributed by atoms with Crippen molar-refractivity contribution in [2.45, 2.75) is 38.9 Å². The molecule has 0 saturated carbocycles. The Morgan fingerprint density at radius 2 is 1.91 bits per heavy atom. The fraction of sp³-hybridized carbons (Fsp3) is 0.424. The highest BCUT2D eigenvalue weighted by atomic mass is 16.5. The number of carbonyl (C=O) groups excluding carboxylic acids is 2. The normalized spacial score (nSPS) is 16.8. The van der Waals surface area contributed by atoms with Gasteiger partial charge in [-0.25, -0.2) is 9.67 Å². The summed E-state index contributed by atoms with van der Waals surface area (Å²) in [5.41, 5.74) is 5.24. The fourth-order valence-corrected chi connectivity index (χ4v) is 6.26. The Labute approximate surface area is 263 Å². The van der Waals surface area contributed by atoms with Crippen LogP contribution in [0.1, 0.15) is 34.5 Å². The molecule has 12 heteroatoms. The van der Waals surface area contributed by atoms with Gasteiger partial charge in [-0.1, -0.05) is 12.6 Å². The quantitative estimate of drug-likeness (QED) is 0.350. The summed E-state index contributed by atoms with van der Waals surface area (Å²) in [4.78, 5) is 42.6. The van der Waals surface area contributed by atoms with E-state index in [1.54, 1.807) is 35.0 Å². The highest BCUT2D eigenvalue weighted by Crippen LogP contribution is 2.30. The number of ether oxygens (including phenoxy) is 1. The first-order chi connectivity index (χ1) is 21.7. The van der Waals surface area contributed by atoms with Gasteiger partial charge in [0.2, 0.25) is 17.7 Å². The predicted octanol–water partition coefficient (Wildman–Crippen LogP) is 3.33. The second-order valence-corrected chi connectivity index (χ2v) is 12.1. The van der Waals surface area contributed by atoms with Crippen molar-refractivity contribution in [3.63, 3.8) is 0 Å². The number of likely N-dealkylation sites (tertiary alicyclic amines) is 1. The number of carbonyl (C=O) groups is 2. The molecule has 2 aliphatic heterocycles. The lowest BCUT2D eigenvalue weighted by atomic mass is 10.0. The molecule has 236 valence electrons. The van der Waals surface area contributed by atoms with Crippen LogP contribution in [0, 0.1) is 6.92 Å². The molecule has 12 nitrogen and oxygen atoms in total. The van der Waals surface area contributed by atoms with Crippen molar-refractivity contribution in [1.29, 1.82) is 0 Å². The minimum absolute atomic E-state index is 0.200. The number of imidazole rings is 1. The zero-order valence-corrected chi connectivity index (χ0v) is 26.5. The molecule has 1 saturated heterocycles. The first kappa shape index (κ1) is 30.5. The number of hydrogen-bond acceptors (Lipinski definition) is 8. The average Bonchev–Trinajstić information content (AvgIpc) is 3.56. The molecule has 0 atom stereocenters. The summed E-state index contributed by atoms with van der Waals surface area (Å²) >= 11 is 0. The summed E-state index contributed by atoms with van der Waals surface area (Å²) in [6.45, 7) is 9.88. The van der Waals surface area contributed by atoms with Crippen molar-refractivity contribution in [2.75, 3.05) is 52.2 Å². The van der Waals surface area contributed by atoms with Gasteiger partial charge in [-0.3, -0.25) is 24.8 Å². The van der Waals surface area contributed by atoms with Crippen LogP contribution < -0.4 is 10.1 Å². The Balaban J connectivity index is 1.36. The minimum atomic E-state index is -0.303. The van der Waals surface area contributed by atoms with Gasteiger partial charge < -0.3 is 19.1 Å². The molecule has 1 fully saturated rings. The van der Waals surface area contributed by atoms with Gasteiger partial charge in [0.1, 0.15) is 6.61 Å². The van der Waals surface area contributed by atoms with E-state index in [0.29, 0.717) is 60.0 Å². The Hall–Kier alpha value is -4.55. The maximum atomic E-state index is 13.7. The average molecular weight is 612 g/mol. The Morgan fingerprint density at radius 1 is 1.11 bits per heavy atom. The number of fused-ring (bicyclic) bond motifs is 7. The number of amides is 2. The van der Waals surface area contributed by atoms with Gasteiger partial charge >= 0.3 is 0 Å². The summed E-state index contributed by atoms with van der Waals surface area (Å²) < 4.78 is 9.78. The third-order valence-electron chi connectivity index (χ3n) is 8.79. The number of pyridine rings is 1. The van der Waals surface area contributed by atoms with Crippen LogP contribution in [0.4, 0.5) is 5.95 Å². The third kappa shape index (κ3) is 6.47. The summed E-state index contributed by atoms with van der Waals surface area (Å²) in [7, 11) is 6.09. The summed E-state index contributed by atoms with van der Waals surface area (Å²) in [6, 6.07) is 10.4. The van der Waals surface area contributed by atoms with Crippen LogP contribution in [0.25, 0.3) is 22.3 Å². The van der Waals surface area contributed by atoms with Gasteiger partial charge in [0.05, 0.1) is 35.0 Å². The molecular formula is C33H41N9O3. The van der Waals surface area contributed by atoms with E-state index in [0.717, 1.165) is 43.5 Å². The van der Waals surface area contributed by atoms with E-state index in [1.807, 2.05) is 17.6 Å². The van der Waals surface area contributed by atoms with E-state index in [-0.39, 0.29) is 18.4 Å². The monoisotopic (exact) mass is 611 g/mol. The molecule has 2 aliphatic rings. The SMILES string of the molecule is C=CC(=O)N1CCOc2c(cnn2C)-c2cc(cc(C)n2)C(=O)Nc2nc3ccc(CN4CCC(N(C)C)CC4)cc3n2CC1. The van der Waals surface area contributed by atoms with Gasteiger partial charge in [-0.05, 0) is 82.9 Å². The first-order valence-electron chi connectivity index (χ1n) is 15.4. The summed E-state index contributed by atoms with van der Waals surface area (Å²) in [6.07, 6.45) is 5.29. The van der Waals surface area contributed by atoms with Crippen LogP contribution in [0.15, 0.2) is 49.2 Å². The van der Waals surface area contributed by atoms with Crippen molar-refractivity contribution in [1.82, 2.24) is 39.0 Å². The molecule has 4 aromatic rings. The highest BCUT2D eigenvalue weighted by molar-refractivity contribution is 6.04. The molecule has 0 unspecified atom stereocenters. The smallest absolute Gasteiger partial charge is 0.258 e. The molecule has 1 aromatic carbocycles. The number of anilines is 1. The zero-order valence-electron chi connectivity index (χ0n) is 26.5. The van der Waals surface area contributed by atoms with E-state index in [9.17, 15) is 9.59 Å². The molecule has 0 spiro atoms. The molecule has 45 heavy (non-hydrogen) atoms. The zero-order chi connectivity index (χ0) is 31.7. The third-order valence-corrected chi connectivity index (χ3v) is 8.79.